The largest absolute Gasteiger partial charge is 0.371 e. The summed E-state index contributed by atoms with van der Waals surface area (Å²) < 4.78 is 6.23. The number of hydrogen-bond donors (Lipinski definition) is 0. The van der Waals surface area contributed by atoms with Gasteiger partial charge in [-0.05, 0) is 41.3 Å². The maximum absolute atomic E-state index is 12.0. The molecular formula is C21H24N2O2. The van der Waals surface area contributed by atoms with Crippen LogP contribution >= 0.6 is 0 Å². The van der Waals surface area contributed by atoms with Crippen molar-refractivity contribution in [1.29, 1.82) is 0 Å². The third-order valence-corrected chi connectivity index (χ3v) is 4.75. The molecule has 1 aliphatic rings. The van der Waals surface area contributed by atoms with Gasteiger partial charge in [0.05, 0.1) is 12.7 Å². The van der Waals surface area contributed by atoms with Gasteiger partial charge in [-0.1, -0.05) is 37.8 Å². The number of pyridine rings is 1. The zero-order chi connectivity index (χ0) is 17.6. The average molecular weight is 336 g/mol. The molecule has 0 spiro atoms. The summed E-state index contributed by atoms with van der Waals surface area (Å²) in [6.07, 6.45) is 5.93. The maximum Gasteiger partial charge on any atom is 0.246 e. The van der Waals surface area contributed by atoms with Crippen LogP contribution in [-0.4, -0.2) is 35.0 Å². The first kappa shape index (κ1) is 17.4. The summed E-state index contributed by atoms with van der Waals surface area (Å²) >= 11 is 0. The molecule has 1 saturated heterocycles. The highest BCUT2D eigenvalue weighted by Crippen LogP contribution is 2.30. The molecule has 25 heavy (non-hydrogen) atoms. The second-order valence-electron chi connectivity index (χ2n) is 6.36. The minimum absolute atomic E-state index is 0.0309. The average Bonchev–Trinajstić information content (AvgIpc) is 3.11. The maximum atomic E-state index is 12.0. The van der Waals surface area contributed by atoms with Gasteiger partial charge in [0, 0.05) is 31.4 Å². The Morgan fingerprint density at radius 3 is 2.76 bits per heavy atom. The topological polar surface area (TPSA) is 42.4 Å². The first-order valence-electron chi connectivity index (χ1n) is 8.72. The van der Waals surface area contributed by atoms with Crippen LogP contribution in [0.1, 0.15) is 29.5 Å². The molecule has 1 fully saturated rings. The van der Waals surface area contributed by atoms with E-state index in [1.54, 1.807) is 12.4 Å². The molecule has 3 rings (SSSR count). The van der Waals surface area contributed by atoms with E-state index in [0.717, 1.165) is 12.0 Å². The van der Waals surface area contributed by atoms with Gasteiger partial charge < -0.3 is 9.64 Å². The van der Waals surface area contributed by atoms with Crippen LogP contribution in [0.4, 0.5) is 0 Å². The van der Waals surface area contributed by atoms with Crippen molar-refractivity contribution in [3.63, 3.8) is 0 Å². The molecule has 2 atom stereocenters. The summed E-state index contributed by atoms with van der Waals surface area (Å²) in [5.41, 5.74) is 3.63. The molecule has 1 aromatic heterocycles. The van der Waals surface area contributed by atoms with Crippen LogP contribution < -0.4 is 0 Å². The van der Waals surface area contributed by atoms with Crippen LogP contribution in [0, 0.1) is 0 Å². The molecule has 0 N–H and O–H groups in total. The molecule has 0 saturated carbocycles. The smallest absolute Gasteiger partial charge is 0.246 e. The third kappa shape index (κ3) is 4.15. The van der Waals surface area contributed by atoms with Gasteiger partial charge in [-0.3, -0.25) is 9.78 Å². The molecule has 0 unspecified atom stereocenters. The van der Waals surface area contributed by atoms with E-state index in [0.29, 0.717) is 19.7 Å². The van der Waals surface area contributed by atoms with Gasteiger partial charge in [0.2, 0.25) is 5.91 Å². The van der Waals surface area contributed by atoms with E-state index in [-0.39, 0.29) is 17.9 Å². The number of carbonyl (C=O) groups excluding carboxylic acids is 1. The Bertz CT molecular complexity index is 730. The lowest BCUT2D eigenvalue weighted by Crippen LogP contribution is -2.28. The summed E-state index contributed by atoms with van der Waals surface area (Å²) in [5.74, 6) is 0.111. The Balaban J connectivity index is 1.74. The van der Waals surface area contributed by atoms with Crippen LogP contribution in [0.5, 0.6) is 0 Å². The highest BCUT2D eigenvalue weighted by Gasteiger charge is 2.36. The van der Waals surface area contributed by atoms with Crippen molar-refractivity contribution in [3.8, 4) is 0 Å². The van der Waals surface area contributed by atoms with Crippen LogP contribution in [0.15, 0.2) is 61.4 Å². The van der Waals surface area contributed by atoms with E-state index in [1.807, 2.05) is 17.0 Å². The predicted octanol–water partition coefficient (Wildman–Crippen LogP) is 3.34. The van der Waals surface area contributed by atoms with Crippen LogP contribution in [0.3, 0.4) is 0 Å². The Kier molecular flexibility index (Phi) is 5.61. The number of benzene rings is 1. The minimum Gasteiger partial charge on any atom is -0.371 e. The van der Waals surface area contributed by atoms with E-state index >= 15 is 0 Å². The first-order chi connectivity index (χ1) is 12.2. The normalized spacial score (nSPS) is 19.8. The second-order valence-corrected chi connectivity index (χ2v) is 6.36. The number of ether oxygens (including phenoxy) is 1. The van der Waals surface area contributed by atoms with E-state index in [9.17, 15) is 4.79 Å². The van der Waals surface area contributed by atoms with Crippen molar-refractivity contribution in [3.05, 3.63) is 78.1 Å². The van der Waals surface area contributed by atoms with Crippen LogP contribution in [0.2, 0.25) is 0 Å². The first-order valence-corrected chi connectivity index (χ1v) is 8.72. The number of likely N-dealkylation sites (tertiary alicyclic amines) is 1. The highest BCUT2D eigenvalue weighted by atomic mass is 16.5. The van der Waals surface area contributed by atoms with Gasteiger partial charge in [0.1, 0.15) is 0 Å². The van der Waals surface area contributed by atoms with Crippen LogP contribution in [0.25, 0.3) is 0 Å². The fourth-order valence-corrected chi connectivity index (χ4v) is 3.33. The minimum atomic E-state index is -0.0434. The summed E-state index contributed by atoms with van der Waals surface area (Å²) in [6.45, 7) is 7.53. The number of rotatable bonds is 6. The molecule has 1 aliphatic heterocycles. The summed E-state index contributed by atoms with van der Waals surface area (Å²) in [5, 5.41) is 0. The van der Waals surface area contributed by atoms with Gasteiger partial charge in [-0.15, -0.1) is 0 Å². The fourth-order valence-electron chi connectivity index (χ4n) is 3.33. The number of carbonyl (C=O) groups is 1. The van der Waals surface area contributed by atoms with Crippen molar-refractivity contribution >= 4 is 5.91 Å². The lowest BCUT2D eigenvalue weighted by atomic mass is 9.97. The fraction of sp³-hybridized carbons (Fsp3) is 0.333. The lowest BCUT2D eigenvalue weighted by molar-refractivity contribution is -0.125. The Hall–Kier alpha value is -2.46. The molecule has 4 heteroatoms. The van der Waals surface area contributed by atoms with Gasteiger partial charge in [-0.25, -0.2) is 0 Å². The quantitative estimate of drug-likeness (QED) is 0.760. The van der Waals surface area contributed by atoms with E-state index in [4.69, 9.17) is 4.74 Å². The predicted molar refractivity (Wildman–Crippen MR) is 98.2 cm³/mol. The SMILES string of the molecule is C=CC(=O)N1C[C@@H](OCc2cccc(CC)c2)[C@H](c2ccncc2)C1. The third-order valence-electron chi connectivity index (χ3n) is 4.75. The molecule has 1 amide bonds. The molecule has 2 heterocycles. The number of hydrogen-bond acceptors (Lipinski definition) is 3. The monoisotopic (exact) mass is 336 g/mol. The molecule has 0 radical (unpaired) electrons. The van der Waals surface area contributed by atoms with Crippen molar-refractivity contribution in [2.45, 2.75) is 32.0 Å². The molecule has 0 bridgehead atoms. The Morgan fingerprint density at radius 1 is 1.28 bits per heavy atom. The molecular weight excluding hydrogens is 312 g/mol. The van der Waals surface area contributed by atoms with Crippen molar-refractivity contribution < 1.29 is 9.53 Å². The van der Waals surface area contributed by atoms with E-state index in [1.165, 1.54) is 17.2 Å². The van der Waals surface area contributed by atoms with Crippen LogP contribution in [-0.2, 0) is 22.6 Å². The molecule has 2 aromatic rings. The second kappa shape index (κ2) is 8.08. The highest BCUT2D eigenvalue weighted by molar-refractivity contribution is 5.87. The molecule has 0 aliphatic carbocycles. The number of nitrogens with zero attached hydrogens (tertiary/aromatic N) is 2. The number of amides is 1. The van der Waals surface area contributed by atoms with Crippen molar-refractivity contribution in [1.82, 2.24) is 9.88 Å². The standard InChI is InChI=1S/C21H24N2O2/c1-3-16-6-5-7-17(12-16)15-25-20-14-23(21(24)4-2)13-19(20)18-8-10-22-11-9-18/h4-12,19-20H,2-3,13-15H2,1H3/t19-,20+/m0/s1. The molecule has 130 valence electrons. The lowest BCUT2D eigenvalue weighted by Gasteiger charge is -2.19. The van der Waals surface area contributed by atoms with Gasteiger partial charge in [0.25, 0.3) is 0 Å². The van der Waals surface area contributed by atoms with Gasteiger partial charge in [0.15, 0.2) is 0 Å². The molecule has 4 nitrogen and oxygen atoms in total. The van der Waals surface area contributed by atoms with Crippen molar-refractivity contribution in [2.24, 2.45) is 0 Å². The zero-order valence-electron chi connectivity index (χ0n) is 14.6. The Morgan fingerprint density at radius 2 is 2.04 bits per heavy atom. The van der Waals surface area contributed by atoms with E-state index < -0.39 is 0 Å². The summed E-state index contributed by atoms with van der Waals surface area (Å²) in [4.78, 5) is 17.9. The number of aromatic nitrogens is 1. The Labute approximate surface area is 149 Å². The summed E-state index contributed by atoms with van der Waals surface area (Å²) in [7, 11) is 0. The zero-order valence-corrected chi connectivity index (χ0v) is 14.6. The number of aryl methyl sites for hydroxylation is 1. The summed E-state index contributed by atoms with van der Waals surface area (Å²) in [6, 6.07) is 12.5. The molecule has 1 aromatic carbocycles. The van der Waals surface area contributed by atoms with Gasteiger partial charge in [-0.2, -0.15) is 0 Å². The van der Waals surface area contributed by atoms with E-state index in [2.05, 4.69) is 42.8 Å². The van der Waals surface area contributed by atoms with Gasteiger partial charge >= 0.3 is 0 Å². The van der Waals surface area contributed by atoms with Crippen molar-refractivity contribution in [2.75, 3.05) is 13.1 Å².